The maximum absolute atomic E-state index is 8.75. The zero-order valence-electron chi connectivity index (χ0n) is 8.34. The Balaban J connectivity index is 3.10. The number of aliphatic hydroxyl groups is 1. The molecule has 0 aromatic rings. The Morgan fingerprint density at radius 2 is 2.08 bits per heavy atom. The van der Waals surface area contributed by atoms with Crippen molar-refractivity contribution in [1.82, 2.24) is 5.32 Å². The van der Waals surface area contributed by atoms with Crippen molar-refractivity contribution >= 4 is 11.8 Å². The Morgan fingerprint density at radius 3 is 2.58 bits per heavy atom. The van der Waals surface area contributed by atoms with Crippen molar-refractivity contribution < 1.29 is 5.11 Å². The van der Waals surface area contributed by atoms with Crippen LogP contribution in [0.15, 0.2) is 0 Å². The van der Waals surface area contributed by atoms with Gasteiger partial charge in [-0.05, 0) is 31.7 Å². The van der Waals surface area contributed by atoms with Crippen molar-refractivity contribution in [2.45, 2.75) is 25.5 Å². The number of nitrogens with one attached hydrogen (secondary N) is 1. The maximum atomic E-state index is 8.75. The minimum absolute atomic E-state index is 0.283. The molecular weight excluding hydrogens is 170 g/mol. The van der Waals surface area contributed by atoms with Gasteiger partial charge >= 0.3 is 0 Å². The molecule has 0 aromatic heterocycles. The predicted molar refractivity (Wildman–Crippen MR) is 56.7 cm³/mol. The largest absolute Gasteiger partial charge is 0.396 e. The first kappa shape index (κ1) is 12.3. The molecule has 74 valence electrons. The van der Waals surface area contributed by atoms with E-state index in [1.54, 1.807) is 0 Å². The van der Waals surface area contributed by atoms with Crippen molar-refractivity contribution in [2.24, 2.45) is 5.92 Å². The SMILES string of the molecule is CSC(C)CCNCC(C)CO. The van der Waals surface area contributed by atoms with Crippen molar-refractivity contribution in [2.75, 3.05) is 26.0 Å². The Kier molecular flexibility index (Phi) is 8.07. The average molecular weight is 191 g/mol. The molecule has 0 radical (unpaired) electrons. The molecule has 0 rings (SSSR count). The van der Waals surface area contributed by atoms with Gasteiger partial charge in [-0.3, -0.25) is 0 Å². The molecule has 0 fully saturated rings. The van der Waals surface area contributed by atoms with Crippen LogP contribution in [0.25, 0.3) is 0 Å². The van der Waals surface area contributed by atoms with E-state index in [0.717, 1.165) is 18.3 Å². The number of hydrogen-bond acceptors (Lipinski definition) is 3. The molecule has 2 unspecified atom stereocenters. The summed E-state index contributed by atoms with van der Waals surface area (Å²) < 4.78 is 0. The molecule has 0 heterocycles. The van der Waals surface area contributed by atoms with Crippen molar-refractivity contribution in [3.8, 4) is 0 Å². The molecule has 0 saturated carbocycles. The molecule has 0 spiro atoms. The molecule has 0 aliphatic rings. The average Bonchev–Trinajstić information content (AvgIpc) is 2.11. The predicted octanol–water partition coefficient (Wildman–Crippen LogP) is 1.35. The van der Waals surface area contributed by atoms with Crippen LogP contribution in [0, 0.1) is 5.92 Å². The summed E-state index contributed by atoms with van der Waals surface area (Å²) in [6, 6.07) is 0. The highest BCUT2D eigenvalue weighted by Crippen LogP contribution is 2.07. The van der Waals surface area contributed by atoms with E-state index in [2.05, 4.69) is 18.5 Å². The van der Waals surface area contributed by atoms with Gasteiger partial charge in [0.1, 0.15) is 0 Å². The third-order valence-corrected chi connectivity index (χ3v) is 2.97. The minimum atomic E-state index is 0.283. The highest BCUT2D eigenvalue weighted by molar-refractivity contribution is 7.99. The standard InChI is InChI=1S/C9H21NOS/c1-8(7-11)6-10-5-4-9(2)12-3/h8-11H,4-7H2,1-3H3. The molecule has 0 saturated heterocycles. The first-order valence-corrected chi connectivity index (χ1v) is 5.83. The number of rotatable bonds is 7. The van der Waals surface area contributed by atoms with E-state index >= 15 is 0 Å². The fourth-order valence-electron chi connectivity index (χ4n) is 0.836. The number of aliphatic hydroxyl groups excluding tert-OH is 1. The second-order valence-electron chi connectivity index (χ2n) is 3.33. The lowest BCUT2D eigenvalue weighted by Gasteiger charge is -2.11. The summed E-state index contributed by atoms with van der Waals surface area (Å²) in [7, 11) is 0. The van der Waals surface area contributed by atoms with Gasteiger partial charge in [0.25, 0.3) is 0 Å². The third-order valence-electron chi connectivity index (χ3n) is 1.93. The molecule has 12 heavy (non-hydrogen) atoms. The third kappa shape index (κ3) is 6.95. The van der Waals surface area contributed by atoms with Gasteiger partial charge in [-0.15, -0.1) is 0 Å². The summed E-state index contributed by atoms with van der Waals surface area (Å²) in [5.41, 5.74) is 0. The van der Waals surface area contributed by atoms with E-state index < -0.39 is 0 Å². The van der Waals surface area contributed by atoms with Crippen LogP contribution in [-0.2, 0) is 0 Å². The van der Waals surface area contributed by atoms with Gasteiger partial charge in [0.2, 0.25) is 0 Å². The van der Waals surface area contributed by atoms with Crippen molar-refractivity contribution in [3.63, 3.8) is 0 Å². The van der Waals surface area contributed by atoms with Crippen LogP contribution < -0.4 is 5.32 Å². The lowest BCUT2D eigenvalue weighted by molar-refractivity contribution is 0.234. The summed E-state index contributed by atoms with van der Waals surface area (Å²) in [6.07, 6.45) is 3.35. The molecule has 0 amide bonds. The summed E-state index contributed by atoms with van der Waals surface area (Å²) in [6.45, 7) is 6.56. The van der Waals surface area contributed by atoms with Crippen molar-refractivity contribution in [3.05, 3.63) is 0 Å². The smallest absolute Gasteiger partial charge is 0.0468 e. The monoisotopic (exact) mass is 191 g/mol. The van der Waals surface area contributed by atoms with Gasteiger partial charge in [-0.25, -0.2) is 0 Å². The van der Waals surface area contributed by atoms with Gasteiger partial charge in [-0.1, -0.05) is 13.8 Å². The number of hydrogen-bond donors (Lipinski definition) is 2. The lowest BCUT2D eigenvalue weighted by atomic mass is 10.2. The Labute approximate surface area is 80.1 Å². The van der Waals surface area contributed by atoms with E-state index in [1.165, 1.54) is 6.42 Å². The molecule has 3 heteroatoms. The Morgan fingerprint density at radius 1 is 1.42 bits per heavy atom. The van der Waals surface area contributed by atoms with Gasteiger partial charge in [0.05, 0.1) is 0 Å². The second-order valence-corrected chi connectivity index (χ2v) is 4.60. The first-order chi connectivity index (χ1) is 5.70. The zero-order valence-corrected chi connectivity index (χ0v) is 9.16. The van der Waals surface area contributed by atoms with Gasteiger partial charge in [0.15, 0.2) is 0 Å². The van der Waals surface area contributed by atoms with Crippen molar-refractivity contribution in [1.29, 1.82) is 0 Å². The summed E-state index contributed by atoms with van der Waals surface area (Å²) in [5, 5.41) is 12.8. The summed E-state index contributed by atoms with van der Waals surface area (Å²) in [5.74, 6) is 0.384. The normalized spacial score (nSPS) is 16.0. The molecule has 0 bridgehead atoms. The van der Waals surface area contributed by atoms with E-state index in [0.29, 0.717) is 5.92 Å². The molecule has 2 nitrogen and oxygen atoms in total. The van der Waals surface area contributed by atoms with Gasteiger partial charge in [0, 0.05) is 11.9 Å². The van der Waals surface area contributed by atoms with E-state index in [-0.39, 0.29) is 6.61 Å². The molecule has 0 aliphatic heterocycles. The highest BCUT2D eigenvalue weighted by Gasteiger charge is 2.00. The van der Waals surface area contributed by atoms with Gasteiger partial charge in [-0.2, -0.15) is 11.8 Å². The van der Waals surface area contributed by atoms with Gasteiger partial charge < -0.3 is 10.4 Å². The van der Waals surface area contributed by atoms with E-state index in [1.807, 2.05) is 18.7 Å². The zero-order chi connectivity index (χ0) is 9.40. The fraction of sp³-hybridized carbons (Fsp3) is 1.00. The van der Waals surface area contributed by atoms with Crippen LogP contribution in [0.5, 0.6) is 0 Å². The Bertz CT molecular complexity index is 88.5. The summed E-state index contributed by atoms with van der Waals surface area (Å²) in [4.78, 5) is 0. The first-order valence-electron chi connectivity index (χ1n) is 4.55. The molecule has 2 N–H and O–H groups in total. The molecule has 0 aromatic carbocycles. The molecular formula is C9H21NOS. The maximum Gasteiger partial charge on any atom is 0.0468 e. The second kappa shape index (κ2) is 7.90. The van der Waals surface area contributed by atoms with Crippen LogP contribution in [0.4, 0.5) is 0 Å². The summed E-state index contributed by atoms with van der Waals surface area (Å²) >= 11 is 1.90. The Hall–Kier alpha value is 0.270. The van der Waals surface area contributed by atoms with E-state index in [4.69, 9.17) is 5.11 Å². The van der Waals surface area contributed by atoms with Crippen LogP contribution in [0.3, 0.4) is 0 Å². The quantitative estimate of drug-likeness (QED) is 0.596. The topological polar surface area (TPSA) is 32.3 Å². The van der Waals surface area contributed by atoms with Crippen LogP contribution in [-0.4, -0.2) is 36.3 Å². The molecule has 0 aliphatic carbocycles. The van der Waals surface area contributed by atoms with Crippen LogP contribution in [0.1, 0.15) is 20.3 Å². The molecule has 2 atom stereocenters. The van der Waals surface area contributed by atoms with Crippen LogP contribution in [0.2, 0.25) is 0 Å². The lowest BCUT2D eigenvalue weighted by Crippen LogP contribution is -2.25. The van der Waals surface area contributed by atoms with Crippen LogP contribution >= 0.6 is 11.8 Å². The highest BCUT2D eigenvalue weighted by atomic mass is 32.2. The minimum Gasteiger partial charge on any atom is -0.396 e. The van der Waals surface area contributed by atoms with E-state index in [9.17, 15) is 0 Å². The number of thioether (sulfide) groups is 1. The fourth-order valence-corrected chi connectivity index (χ4v) is 1.19.